The van der Waals surface area contributed by atoms with Gasteiger partial charge in [0, 0.05) is 11.5 Å². The molecule has 1 aromatic heterocycles. The minimum atomic E-state index is -0.380. The number of aromatic nitrogens is 3. The molecule has 0 unspecified atom stereocenters. The molecule has 84 valence electrons. The van der Waals surface area contributed by atoms with Crippen LogP contribution in [-0.4, -0.2) is 19.9 Å². The SMILES string of the molecule is Cn1c(CO)nnc1-c1ccc(Br)cc1F. The van der Waals surface area contributed by atoms with Crippen LogP contribution < -0.4 is 0 Å². The van der Waals surface area contributed by atoms with Crippen LogP contribution in [0.5, 0.6) is 0 Å². The van der Waals surface area contributed by atoms with Gasteiger partial charge in [0.15, 0.2) is 11.6 Å². The van der Waals surface area contributed by atoms with Crippen molar-refractivity contribution in [2.45, 2.75) is 6.61 Å². The third kappa shape index (κ3) is 1.85. The van der Waals surface area contributed by atoms with Crippen molar-refractivity contribution >= 4 is 15.9 Å². The zero-order valence-corrected chi connectivity index (χ0v) is 10.1. The summed E-state index contributed by atoms with van der Waals surface area (Å²) in [6, 6.07) is 4.71. The summed E-state index contributed by atoms with van der Waals surface area (Å²) in [4.78, 5) is 0. The van der Waals surface area contributed by atoms with Gasteiger partial charge >= 0.3 is 0 Å². The molecule has 2 rings (SSSR count). The topological polar surface area (TPSA) is 50.9 Å². The fourth-order valence-corrected chi connectivity index (χ4v) is 1.74. The fraction of sp³-hybridized carbons (Fsp3) is 0.200. The molecule has 16 heavy (non-hydrogen) atoms. The van der Waals surface area contributed by atoms with Crippen molar-refractivity contribution in [3.63, 3.8) is 0 Å². The van der Waals surface area contributed by atoms with E-state index in [0.717, 1.165) is 0 Å². The summed E-state index contributed by atoms with van der Waals surface area (Å²) in [5, 5.41) is 16.6. The van der Waals surface area contributed by atoms with E-state index in [2.05, 4.69) is 26.1 Å². The number of aliphatic hydroxyl groups excluding tert-OH is 1. The largest absolute Gasteiger partial charge is 0.388 e. The van der Waals surface area contributed by atoms with Crippen LogP contribution in [0.15, 0.2) is 22.7 Å². The van der Waals surface area contributed by atoms with Gasteiger partial charge in [-0.05, 0) is 18.2 Å². The van der Waals surface area contributed by atoms with Crippen LogP contribution in [0.4, 0.5) is 4.39 Å². The number of hydrogen-bond acceptors (Lipinski definition) is 3. The van der Waals surface area contributed by atoms with Crippen LogP contribution in [0.1, 0.15) is 5.82 Å². The minimum absolute atomic E-state index is 0.221. The molecule has 0 spiro atoms. The van der Waals surface area contributed by atoms with E-state index < -0.39 is 0 Å². The number of aliphatic hydroxyl groups is 1. The Balaban J connectivity index is 2.54. The second-order valence-electron chi connectivity index (χ2n) is 3.28. The molecule has 0 fully saturated rings. The van der Waals surface area contributed by atoms with E-state index in [9.17, 15) is 4.39 Å². The van der Waals surface area contributed by atoms with Gasteiger partial charge in [0.1, 0.15) is 12.4 Å². The molecule has 0 aliphatic carbocycles. The lowest BCUT2D eigenvalue weighted by Crippen LogP contribution is -2.00. The quantitative estimate of drug-likeness (QED) is 0.917. The molecule has 1 heterocycles. The predicted octanol–water partition coefficient (Wildman–Crippen LogP) is 1.88. The Morgan fingerprint density at radius 1 is 1.44 bits per heavy atom. The lowest BCUT2D eigenvalue weighted by atomic mass is 10.2. The second-order valence-corrected chi connectivity index (χ2v) is 4.20. The molecule has 0 aliphatic rings. The van der Waals surface area contributed by atoms with Gasteiger partial charge in [-0.1, -0.05) is 15.9 Å². The molecule has 4 nitrogen and oxygen atoms in total. The molecule has 6 heteroatoms. The van der Waals surface area contributed by atoms with Crippen molar-refractivity contribution in [3.8, 4) is 11.4 Å². The van der Waals surface area contributed by atoms with Crippen LogP contribution in [0.3, 0.4) is 0 Å². The lowest BCUT2D eigenvalue weighted by molar-refractivity contribution is 0.267. The standard InChI is InChI=1S/C10H9BrFN3O/c1-15-9(5-16)13-14-10(15)7-3-2-6(11)4-8(7)12/h2-4,16H,5H2,1H3. The second kappa shape index (κ2) is 4.31. The summed E-state index contributed by atoms with van der Waals surface area (Å²) in [7, 11) is 1.68. The van der Waals surface area contributed by atoms with E-state index in [1.165, 1.54) is 6.07 Å². The first-order valence-corrected chi connectivity index (χ1v) is 5.37. The van der Waals surface area contributed by atoms with Crippen molar-refractivity contribution in [2.24, 2.45) is 7.05 Å². The van der Waals surface area contributed by atoms with E-state index in [0.29, 0.717) is 21.7 Å². The van der Waals surface area contributed by atoms with Gasteiger partial charge in [0.25, 0.3) is 0 Å². The molecule has 1 aromatic carbocycles. The van der Waals surface area contributed by atoms with E-state index in [1.807, 2.05) is 0 Å². The molecule has 2 aromatic rings. The van der Waals surface area contributed by atoms with Crippen molar-refractivity contribution in [1.29, 1.82) is 0 Å². The Hall–Kier alpha value is -1.27. The Morgan fingerprint density at radius 3 is 2.75 bits per heavy atom. The summed E-state index contributed by atoms with van der Waals surface area (Å²) in [5.41, 5.74) is 0.359. The summed E-state index contributed by atoms with van der Waals surface area (Å²) < 4.78 is 15.9. The number of hydrogen-bond donors (Lipinski definition) is 1. The zero-order chi connectivity index (χ0) is 11.7. The van der Waals surface area contributed by atoms with Crippen LogP contribution in [0.2, 0.25) is 0 Å². The van der Waals surface area contributed by atoms with Crippen LogP contribution in [0, 0.1) is 5.82 Å². The summed E-state index contributed by atoms with van der Waals surface area (Å²) in [5.74, 6) is 0.417. The first-order valence-electron chi connectivity index (χ1n) is 4.58. The smallest absolute Gasteiger partial charge is 0.166 e. The summed E-state index contributed by atoms with van der Waals surface area (Å²) >= 11 is 3.18. The average molecular weight is 286 g/mol. The van der Waals surface area contributed by atoms with E-state index >= 15 is 0 Å². The Morgan fingerprint density at radius 2 is 2.19 bits per heavy atom. The average Bonchev–Trinajstić information content (AvgIpc) is 2.60. The monoisotopic (exact) mass is 285 g/mol. The minimum Gasteiger partial charge on any atom is -0.388 e. The highest BCUT2D eigenvalue weighted by Crippen LogP contribution is 2.24. The molecule has 0 saturated heterocycles. The van der Waals surface area contributed by atoms with Gasteiger partial charge in [0.05, 0.1) is 5.56 Å². The Labute approximate surface area is 99.9 Å². The van der Waals surface area contributed by atoms with Gasteiger partial charge in [-0.2, -0.15) is 0 Å². The van der Waals surface area contributed by atoms with Gasteiger partial charge in [-0.15, -0.1) is 10.2 Å². The molecule has 1 N–H and O–H groups in total. The van der Waals surface area contributed by atoms with E-state index in [1.54, 1.807) is 23.7 Å². The summed E-state index contributed by atoms with van der Waals surface area (Å²) in [6.07, 6.45) is 0. The first-order chi connectivity index (χ1) is 7.63. The van der Waals surface area contributed by atoms with Crippen molar-refractivity contribution in [3.05, 3.63) is 34.3 Å². The first kappa shape index (κ1) is 11.2. The predicted molar refractivity (Wildman–Crippen MR) is 60.0 cm³/mol. The van der Waals surface area contributed by atoms with Gasteiger partial charge in [-0.25, -0.2) is 4.39 Å². The lowest BCUT2D eigenvalue weighted by Gasteiger charge is -2.03. The summed E-state index contributed by atoms with van der Waals surface area (Å²) in [6.45, 7) is -0.221. The number of halogens is 2. The Bertz CT molecular complexity index is 527. The van der Waals surface area contributed by atoms with E-state index in [-0.39, 0.29) is 12.4 Å². The van der Waals surface area contributed by atoms with Crippen molar-refractivity contribution in [1.82, 2.24) is 14.8 Å². The molecule has 0 aliphatic heterocycles. The maximum atomic E-state index is 13.7. The molecular weight excluding hydrogens is 277 g/mol. The molecule has 0 saturated carbocycles. The maximum Gasteiger partial charge on any atom is 0.166 e. The van der Waals surface area contributed by atoms with Crippen LogP contribution in [0.25, 0.3) is 11.4 Å². The Kier molecular flexibility index (Phi) is 3.02. The molecule has 0 radical (unpaired) electrons. The third-order valence-electron chi connectivity index (χ3n) is 2.28. The number of rotatable bonds is 2. The number of nitrogens with zero attached hydrogens (tertiary/aromatic N) is 3. The molecular formula is C10H9BrFN3O. The highest BCUT2D eigenvalue weighted by Gasteiger charge is 2.13. The van der Waals surface area contributed by atoms with Crippen LogP contribution >= 0.6 is 15.9 Å². The van der Waals surface area contributed by atoms with Crippen molar-refractivity contribution in [2.75, 3.05) is 0 Å². The maximum absolute atomic E-state index is 13.7. The molecule has 0 amide bonds. The third-order valence-corrected chi connectivity index (χ3v) is 2.77. The van der Waals surface area contributed by atoms with E-state index in [4.69, 9.17) is 5.11 Å². The molecule has 0 atom stereocenters. The normalized spacial score (nSPS) is 10.8. The van der Waals surface area contributed by atoms with Gasteiger partial charge < -0.3 is 9.67 Å². The highest BCUT2D eigenvalue weighted by atomic mass is 79.9. The zero-order valence-electron chi connectivity index (χ0n) is 8.48. The van der Waals surface area contributed by atoms with Crippen LogP contribution in [-0.2, 0) is 13.7 Å². The molecule has 0 bridgehead atoms. The van der Waals surface area contributed by atoms with Gasteiger partial charge in [0.2, 0.25) is 0 Å². The fourth-order valence-electron chi connectivity index (χ4n) is 1.40. The van der Waals surface area contributed by atoms with Gasteiger partial charge in [-0.3, -0.25) is 0 Å². The van der Waals surface area contributed by atoms with Crippen molar-refractivity contribution < 1.29 is 9.50 Å². The highest BCUT2D eigenvalue weighted by molar-refractivity contribution is 9.10. The number of benzene rings is 1.